The van der Waals surface area contributed by atoms with Gasteiger partial charge in [0.2, 0.25) is 0 Å². The summed E-state index contributed by atoms with van der Waals surface area (Å²) in [5, 5.41) is 3.51. The second-order valence-electron chi connectivity index (χ2n) is 6.54. The van der Waals surface area contributed by atoms with Crippen LogP contribution in [0.3, 0.4) is 0 Å². The zero-order valence-electron chi connectivity index (χ0n) is 12.9. The molecule has 0 aromatic rings. The van der Waals surface area contributed by atoms with Crippen molar-refractivity contribution in [3.63, 3.8) is 0 Å². The molecule has 0 bridgehead atoms. The average molecular weight is 260 g/mol. The molecule has 1 atom stereocenters. The SMILES string of the molecule is C.CC(C)CNCCCCCCC(C)CC(C)C.[HH]. The zero-order chi connectivity index (χ0) is 13.1. The minimum absolute atomic E-state index is 0. The van der Waals surface area contributed by atoms with Crippen LogP contribution in [0.1, 0.15) is 82.0 Å². The van der Waals surface area contributed by atoms with Gasteiger partial charge in [-0.3, -0.25) is 0 Å². The van der Waals surface area contributed by atoms with Gasteiger partial charge >= 0.3 is 0 Å². The van der Waals surface area contributed by atoms with Crippen LogP contribution in [0.4, 0.5) is 0 Å². The highest BCUT2D eigenvalue weighted by Gasteiger charge is 2.04. The summed E-state index contributed by atoms with van der Waals surface area (Å²) < 4.78 is 0. The molecule has 0 aliphatic carbocycles. The van der Waals surface area contributed by atoms with E-state index in [9.17, 15) is 0 Å². The first-order chi connectivity index (χ1) is 8.02. The molecule has 1 N–H and O–H groups in total. The van der Waals surface area contributed by atoms with E-state index in [4.69, 9.17) is 0 Å². The lowest BCUT2D eigenvalue weighted by Gasteiger charge is -2.13. The summed E-state index contributed by atoms with van der Waals surface area (Å²) in [5.74, 6) is 2.58. The normalized spacial score (nSPS) is 12.8. The standard InChI is InChI=1S/C16H35N.CH4.H2/c1-14(2)12-16(5)10-8-6-7-9-11-17-13-15(3)4;;/h14-17H,6-13H2,1-5H3;1H4;1H. The molecule has 0 saturated carbocycles. The van der Waals surface area contributed by atoms with Gasteiger partial charge in [0, 0.05) is 1.43 Å². The first-order valence-electron chi connectivity index (χ1n) is 7.73. The first-order valence-corrected chi connectivity index (χ1v) is 7.73. The Balaban J connectivity index is -0.00000128. The van der Waals surface area contributed by atoms with E-state index in [2.05, 4.69) is 39.9 Å². The summed E-state index contributed by atoms with van der Waals surface area (Å²) in [6.07, 6.45) is 8.43. The Morgan fingerprint density at radius 3 is 2.00 bits per heavy atom. The maximum absolute atomic E-state index is 3.51. The van der Waals surface area contributed by atoms with Gasteiger partial charge in [-0.1, -0.05) is 67.7 Å². The topological polar surface area (TPSA) is 12.0 Å². The van der Waals surface area contributed by atoms with Crippen LogP contribution in [-0.4, -0.2) is 13.1 Å². The van der Waals surface area contributed by atoms with E-state index in [1.165, 1.54) is 51.6 Å². The molecule has 0 heterocycles. The summed E-state index contributed by atoms with van der Waals surface area (Å²) >= 11 is 0. The van der Waals surface area contributed by atoms with Crippen molar-refractivity contribution in [3.05, 3.63) is 0 Å². The van der Waals surface area contributed by atoms with Crippen molar-refractivity contribution in [2.75, 3.05) is 13.1 Å². The van der Waals surface area contributed by atoms with Crippen LogP contribution in [0.15, 0.2) is 0 Å². The van der Waals surface area contributed by atoms with Crippen molar-refractivity contribution in [2.45, 2.75) is 80.6 Å². The molecule has 0 aliphatic heterocycles. The highest BCUT2D eigenvalue weighted by molar-refractivity contribution is 4.57. The number of rotatable bonds is 11. The maximum Gasteiger partial charge on any atom is 0 e. The number of unbranched alkanes of at least 4 members (excludes halogenated alkanes) is 3. The maximum atomic E-state index is 3.51. The molecule has 0 radical (unpaired) electrons. The minimum atomic E-state index is 0. The molecule has 114 valence electrons. The first kappa shape index (κ1) is 20.3. The average Bonchev–Trinajstić information content (AvgIpc) is 2.20. The Morgan fingerprint density at radius 2 is 1.44 bits per heavy atom. The second kappa shape index (κ2) is 13.4. The highest BCUT2D eigenvalue weighted by atomic mass is 14.8. The van der Waals surface area contributed by atoms with Gasteiger partial charge in [-0.05, 0) is 43.7 Å². The lowest BCUT2D eigenvalue weighted by atomic mass is 9.93. The van der Waals surface area contributed by atoms with Crippen molar-refractivity contribution in [1.82, 2.24) is 5.32 Å². The predicted octanol–water partition coefficient (Wildman–Crippen LogP) is 5.75. The van der Waals surface area contributed by atoms with Gasteiger partial charge < -0.3 is 5.32 Å². The third-order valence-corrected chi connectivity index (χ3v) is 3.23. The fourth-order valence-corrected chi connectivity index (χ4v) is 2.41. The van der Waals surface area contributed by atoms with Gasteiger partial charge in [-0.2, -0.15) is 0 Å². The molecule has 0 saturated heterocycles. The smallest absolute Gasteiger partial charge is 0 e. The lowest BCUT2D eigenvalue weighted by Crippen LogP contribution is -2.20. The van der Waals surface area contributed by atoms with Crippen LogP contribution >= 0.6 is 0 Å². The van der Waals surface area contributed by atoms with Crippen LogP contribution in [0.2, 0.25) is 0 Å². The van der Waals surface area contributed by atoms with E-state index in [0.717, 1.165) is 17.8 Å². The molecule has 0 aliphatic rings. The quantitative estimate of drug-likeness (QED) is 0.466. The van der Waals surface area contributed by atoms with Gasteiger partial charge in [0.25, 0.3) is 0 Å². The Labute approximate surface area is 119 Å². The summed E-state index contributed by atoms with van der Waals surface area (Å²) in [5.41, 5.74) is 0. The summed E-state index contributed by atoms with van der Waals surface area (Å²) in [6.45, 7) is 14.0. The van der Waals surface area contributed by atoms with Crippen molar-refractivity contribution in [1.29, 1.82) is 0 Å². The molecule has 0 rings (SSSR count). The fraction of sp³-hybridized carbons (Fsp3) is 1.00. The van der Waals surface area contributed by atoms with Crippen molar-refractivity contribution in [3.8, 4) is 0 Å². The van der Waals surface area contributed by atoms with Gasteiger partial charge in [0.15, 0.2) is 0 Å². The Kier molecular flexibility index (Phi) is 15.1. The molecular weight excluding hydrogens is 218 g/mol. The fourth-order valence-electron chi connectivity index (χ4n) is 2.41. The Hall–Kier alpha value is -0.0400. The Morgan fingerprint density at radius 1 is 0.833 bits per heavy atom. The minimum Gasteiger partial charge on any atom is -0.316 e. The summed E-state index contributed by atoms with van der Waals surface area (Å²) in [7, 11) is 0. The van der Waals surface area contributed by atoms with E-state index >= 15 is 0 Å². The van der Waals surface area contributed by atoms with E-state index in [0.29, 0.717) is 0 Å². The van der Waals surface area contributed by atoms with E-state index < -0.39 is 0 Å². The van der Waals surface area contributed by atoms with E-state index in [-0.39, 0.29) is 8.85 Å². The molecule has 0 spiro atoms. The molecule has 0 aromatic heterocycles. The van der Waals surface area contributed by atoms with Crippen LogP contribution < -0.4 is 5.32 Å². The third-order valence-electron chi connectivity index (χ3n) is 3.23. The molecular formula is C17H41N. The number of nitrogens with one attached hydrogen (secondary N) is 1. The molecule has 18 heavy (non-hydrogen) atoms. The third kappa shape index (κ3) is 16.0. The van der Waals surface area contributed by atoms with E-state index in [1.54, 1.807) is 0 Å². The summed E-state index contributed by atoms with van der Waals surface area (Å²) in [6, 6.07) is 0. The summed E-state index contributed by atoms with van der Waals surface area (Å²) in [4.78, 5) is 0. The molecule has 0 amide bonds. The monoisotopic (exact) mass is 259 g/mol. The molecule has 0 aromatic carbocycles. The molecule has 1 heteroatoms. The second-order valence-corrected chi connectivity index (χ2v) is 6.54. The highest BCUT2D eigenvalue weighted by Crippen LogP contribution is 2.17. The largest absolute Gasteiger partial charge is 0.316 e. The van der Waals surface area contributed by atoms with Crippen molar-refractivity contribution in [2.24, 2.45) is 17.8 Å². The van der Waals surface area contributed by atoms with Gasteiger partial charge in [0.1, 0.15) is 0 Å². The molecule has 1 nitrogen and oxygen atoms in total. The van der Waals surface area contributed by atoms with Crippen LogP contribution in [-0.2, 0) is 0 Å². The van der Waals surface area contributed by atoms with Gasteiger partial charge in [-0.15, -0.1) is 0 Å². The van der Waals surface area contributed by atoms with Gasteiger partial charge in [-0.25, -0.2) is 0 Å². The predicted molar refractivity (Wildman–Crippen MR) is 88.3 cm³/mol. The van der Waals surface area contributed by atoms with Gasteiger partial charge in [0.05, 0.1) is 0 Å². The number of hydrogen-bond acceptors (Lipinski definition) is 1. The number of hydrogen-bond donors (Lipinski definition) is 1. The van der Waals surface area contributed by atoms with Crippen LogP contribution in [0.5, 0.6) is 0 Å². The Bertz CT molecular complexity index is 157. The zero-order valence-corrected chi connectivity index (χ0v) is 12.9. The van der Waals surface area contributed by atoms with Crippen molar-refractivity contribution < 1.29 is 1.43 Å². The van der Waals surface area contributed by atoms with E-state index in [1.807, 2.05) is 0 Å². The molecule has 1 unspecified atom stereocenters. The van der Waals surface area contributed by atoms with Crippen molar-refractivity contribution >= 4 is 0 Å². The lowest BCUT2D eigenvalue weighted by molar-refractivity contribution is 0.397. The van der Waals surface area contributed by atoms with Crippen LogP contribution in [0, 0.1) is 17.8 Å². The van der Waals surface area contributed by atoms with Crippen LogP contribution in [0.25, 0.3) is 0 Å². The molecule has 0 fully saturated rings.